The fourth-order valence-corrected chi connectivity index (χ4v) is 3.12. The van der Waals surface area contributed by atoms with Crippen LogP contribution in [-0.4, -0.2) is 37.0 Å². The number of aryl methyl sites for hydroxylation is 1. The zero-order valence-electron chi connectivity index (χ0n) is 14.0. The van der Waals surface area contributed by atoms with Crippen LogP contribution in [0.25, 0.3) is 0 Å². The number of nitrogens with one attached hydrogen (secondary N) is 1. The van der Waals surface area contributed by atoms with E-state index in [1.165, 1.54) is 17.5 Å². The Morgan fingerprint density at radius 2 is 2.05 bits per heavy atom. The number of piperidine rings is 1. The van der Waals surface area contributed by atoms with E-state index in [0.29, 0.717) is 24.3 Å². The average Bonchev–Trinajstić information content (AvgIpc) is 2.53. The molecule has 1 aromatic carbocycles. The van der Waals surface area contributed by atoms with E-state index < -0.39 is 0 Å². The third-order valence-corrected chi connectivity index (χ3v) is 4.64. The van der Waals surface area contributed by atoms with E-state index in [-0.39, 0.29) is 12.4 Å². The summed E-state index contributed by atoms with van der Waals surface area (Å²) in [6.45, 7) is 6.05. The summed E-state index contributed by atoms with van der Waals surface area (Å²) in [5.74, 6) is 0.649. The molecule has 0 saturated carbocycles. The van der Waals surface area contributed by atoms with Gasteiger partial charge in [-0.25, -0.2) is 0 Å². The second-order valence-corrected chi connectivity index (χ2v) is 6.19. The molecule has 1 heterocycles. The number of hydrogen-bond donors (Lipinski definition) is 1. The Kier molecular flexibility index (Phi) is 7.91. The van der Waals surface area contributed by atoms with Gasteiger partial charge in [-0.05, 0) is 44.7 Å². The van der Waals surface area contributed by atoms with Gasteiger partial charge in [-0.15, -0.1) is 12.4 Å². The van der Waals surface area contributed by atoms with Gasteiger partial charge in [-0.3, -0.25) is 4.79 Å². The number of amides is 1. The monoisotopic (exact) mass is 324 g/mol. The molecule has 0 aromatic heterocycles. The van der Waals surface area contributed by atoms with Crippen molar-refractivity contribution in [2.45, 2.75) is 51.5 Å². The smallest absolute Gasteiger partial charge is 0.223 e. The molecule has 1 N–H and O–H groups in total. The third kappa shape index (κ3) is 4.99. The molecular weight excluding hydrogens is 296 g/mol. The summed E-state index contributed by atoms with van der Waals surface area (Å²) < 4.78 is 0. The number of hydrogen-bond acceptors (Lipinski definition) is 2. The highest BCUT2D eigenvalue weighted by atomic mass is 35.5. The molecule has 3 nitrogen and oxygen atoms in total. The van der Waals surface area contributed by atoms with Gasteiger partial charge in [-0.2, -0.15) is 0 Å². The van der Waals surface area contributed by atoms with E-state index in [2.05, 4.69) is 43.4 Å². The summed E-state index contributed by atoms with van der Waals surface area (Å²) in [7, 11) is 1.99. The first-order valence-corrected chi connectivity index (χ1v) is 8.15. The van der Waals surface area contributed by atoms with Crippen LogP contribution in [0.3, 0.4) is 0 Å². The van der Waals surface area contributed by atoms with Crippen LogP contribution in [0.2, 0.25) is 0 Å². The second kappa shape index (κ2) is 9.16. The maximum absolute atomic E-state index is 12.6. The molecular formula is C18H29ClN2O. The van der Waals surface area contributed by atoms with E-state index in [1.807, 2.05) is 11.9 Å². The molecule has 2 rings (SSSR count). The van der Waals surface area contributed by atoms with Crippen molar-refractivity contribution in [1.82, 2.24) is 10.2 Å². The number of carbonyl (C=O) groups is 1. The Balaban J connectivity index is 0.00000242. The molecule has 0 spiro atoms. The van der Waals surface area contributed by atoms with Crippen molar-refractivity contribution in [2.24, 2.45) is 0 Å². The molecule has 124 valence electrons. The molecule has 0 aliphatic carbocycles. The van der Waals surface area contributed by atoms with Crippen LogP contribution in [0.1, 0.15) is 49.7 Å². The van der Waals surface area contributed by atoms with Gasteiger partial charge < -0.3 is 10.2 Å². The van der Waals surface area contributed by atoms with Crippen LogP contribution in [0.5, 0.6) is 0 Å². The van der Waals surface area contributed by atoms with Crippen molar-refractivity contribution < 1.29 is 4.79 Å². The summed E-state index contributed by atoms with van der Waals surface area (Å²) in [5.41, 5.74) is 2.56. The van der Waals surface area contributed by atoms with Crippen molar-refractivity contribution in [3.63, 3.8) is 0 Å². The zero-order valence-corrected chi connectivity index (χ0v) is 14.8. The van der Waals surface area contributed by atoms with Gasteiger partial charge in [-0.1, -0.05) is 36.8 Å². The Morgan fingerprint density at radius 3 is 2.64 bits per heavy atom. The molecule has 1 saturated heterocycles. The lowest BCUT2D eigenvalue weighted by Gasteiger charge is -2.33. The van der Waals surface area contributed by atoms with Crippen molar-refractivity contribution in [3.05, 3.63) is 35.4 Å². The molecule has 2 atom stereocenters. The van der Waals surface area contributed by atoms with Crippen LogP contribution >= 0.6 is 12.4 Å². The number of rotatable bonds is 5. The summed E-state index contributed by atoms with van der Waals surface area (Å²) in [5, 5.41) is 3.30. The highest BCUT2D eigenvalue weighted by molar-refractivity contribution is 5.85. The number of likely N-dealkylation sites (N-methyl/N-ethyl adjacent to an activating group) is 1. The van der Waals surface area contributed by atoms with Gasteiger partial charge in [0, 0.05) is 25.6 Å². The third-order valence-electron chi connectivity index (χ3n) is 4.64. The molecule has 0 bridgehead atoms. The number of carbonyl (C=O) groups excluding carboxylic acids is 1. The maximum Gasteiger partial charge on any atom is 0.223 e. The molecule has 4 heteroatoms. The number of benzene rings is 1. The van der Waals surface area contributed by atoms with Crippen LogP contribution in [0, 0.1) is 6.92 Å². The standard InChI is InChI=1S/C18H28N2O.ClH/c1-4-15(16-9-7-14(2)8-10-16)12-18(21)20-11-5-6-17(13-20)19-3;/h7-10,15,17,19H,4-6,11-13H2,1-3H3;1H. The fourth-order valence-electron chi connectivity index (χ4n) is 3.12. The summed E-state index contributed by atoms with van der Waals surface area (Å²) >= 11 is 0. The van der Waals surface area contributed by atoms with Gasteiger partial charge in [0.2, 0.25) is 5.91 Å². The second-order valence-electron chi connectivity index (χ2n) is 6.19. The SMILES string of the molecule is CCC(CC(=O)N1CCCC(NC)C1)c1ccc(C)cc1.Cl. The zero-order chi connectivity index (χ0) is 15.2. The number of likely N-dealkylation sites (tertiary alicyclic amines) is 1. The largest absolute Gasteiger partial charge is 0.341 e. The van der Waals surface area contributed by atoms with E-state index in [4.69, 9.17) is 0 Å². The molecule has 1 aliphatic heterocycles. The van der Waals surface area contributed by atoms with E-state index in [9.17, 15) is 4.79 Å². The van der Waals surface area contributed by atoms with E-state index in [1.54, 1.807) is 0 Å². The Hall–Kier alpha value is -1.06. The van der Waals surface area contributed by atoms with Crippen molar-refractivity contribution in [3.8, 4) is 0 Å². The quantitative estimate of drug-likeness (QED) is 0.899. The normalized spacial score (nSPS) is 19.4. The van der Waals surface area contributed by atoms with E-state index >= 15 is 0 Å². The van der Waals surface area contributed by atoms with Gasteiger partial charge in [0.25, 0.3) is 0 Å². The lowest BCUT2D eigenvalue weighted by molar-refractivity contribution is -0.133. The Bertz CT molecular complexity index is 461. The van der Waals surface area contributed by atoms with Gasteiger partial charge in [0.15, 0.2) is 0 Å². The summed E-state index contributed by atoms with van der Waals surface area (Å²) in [6, 6.07) is 9.08. The molecule has 0 radical (unpaired) electrons. The predicted octanol–water partition coefficient (Wildman–Crippen LogP) is 3.51. The van der Waals surface area contributed by atoms with Gasteiger partial charge in [0.1, 0.15) is 0 Å². The highest BCUT2D eigenvalue weighted by Crippen LogP contribution is 2.25. The average molecular weight is 325 g/mol. The predicted molar refractivity (Wildman–Crippen MR) is 94.7 cm³/mol. The molecule has 22 heavy (non-hydrogen) atoms. The minimum absolute atomic E-state index is 0. The minimum Gasteiger partial charge on any atom is -0.341 e. The molecule has 2 unspecified atom stereocenters. The Labute approximate surface area is 140 Å². The highest BCUT2D eigenvalue weighted by Gasteiger charge is 2.24. The van der Waals surface area contributed by atoms with Gasteiger partial charge in [0.05, 0.1) is 0 Å². The lowest BCUT2D eigenvalue weighted by Crippen LogP contribution is -2.47. The van der Waals surface area contributed by atoms with Crippen molar-refractivity contribution in [2.75, 3.05) is 20.1 Å². The van der Waals surface area contributed by atoms with Crippen LogP contribution in [0.4, 0.5) is 0 Å². The summed E-state index contributed by atoms with van der Waals surface area (Å²) in [6.07, 6.45) is 3.93. The maximum atomic E-state index is 12.6. The summed E-state index contributed by atoms with van der Waals surface area (Å²) in [4.78, 5) is 14.6. The van der Waals surface area contributed by atoms with E-state index in [0.717, 1.165) is 25.9 Å². The lowest BCUT2D eigenvalue weighted by atomic mass is 9.91. The van der Waals surface area contributed by atoms with Crippen LogP contribution in [-0.2, 0) is 4.79 Å². The first-order chi connectivity index (χ1) is 10.1. The molecule has 1 fully saturated rings. The van der Waals surface area contributed by atoms with Gasteiger partial charge >= 0.3 is 0 Å². The fraction of sp³-hybridized carbons (Fsp3) is 0.611. The minimum atomic E-state index is 0. The van der Waals surface area contributed by atoms with Crippen molar-refractivity contribution >= 4 is 18.3 Å². The molecule has 1 aromatic rings. The number of nitrogens with zero attached hydrogens (tertiary/aromatic N) is 1. The topological polar surface area (TPSA) is 32.3 Å². The molecule has 1 aliphatic rings. The van der Waals surface area contributed by atoms with Crippen molar-refractivity contribution in [1.29, 1.82) is 0 Å². The first kappa shape index (κ1) is 19.0. The number of halogens is 1. The Morgan fingerprint density at radius 1 is 1.36 bits per heavy atom. The van der Waals surface area contributed by atoms with Crippen LogP contribution < -0.4 is 5.32 Å². The molecule has 1 amide bonds. The first-order valence-electron chi connectivity index (χ1n) is 8.15. The van der Waals surface area contributed by atoms with Crippen LogP contribution in [0.15, 0.2) is 24.3 Å².